The third-order valence-electron chi connectivity index (χ3n) is 1.51. The highest BCUT2D eigenvalue weighted by Gasteiger charge is 1.86. The van der Waals surface area contributed by atoms with Crippen molar-refractivity contribution in [1.29, 1.82) is 0 Å². The first-order chi connectivity index (χ1) is 7.15. The average molecular weight is 222 g/mol. The fraction of sp³-hybridized carbons (Fsp3) is 1.00. The van der Waals surface area contributed by atoms with Gasteiger partial charge in [-0.1, -0.05) is 39.0 Å². The molecule has 0 aromatic rings. The molecule has 3 N–H and O–H groups in total. The largest absolute Gasteiger partial charge is 0.400 e. The van der Waals surface area contributed by atoms with Crippen LogP contribution in [-0.4, -0.2) is 35.1 Å². The van der Waals surface area contributed by atoms with Gasteiger partial charge in [0.1, 0.15) is 0 Å². The van der Waals surface area contributed by atoms with E-state index in [1.165, 1.54) is 32.1 Å². The third kappa shape index (κ3) is 56.7. The Bertz CT molecular complexity index is 66.5. The lowest BCUT2D eigenvalue weighted by molar-refractivity contribution is 0.216. The van der Waals surface area contributed by atoms with Gasteiger partial charge >= 0.3 is 0 Å². The van der Waals surface area contributed by atoms with Crippen LogP contribution in [0.15, 0.2) is 0 Å². The van der Waals surface area contributed by atoms with Crippen LogP contribution in [-0.2, 0) is 0 Å². The molecule has 0 rings (SSSR count). The van der Waals surface area contributed by atoms with E-state index in [1.54, 1.807) is 13.8 Å². The van der Waals surface area contributed by atoms with Crippen LogP contribution in [0, 0.1) is 0 Å². The molecule has 0 aromatic heterocycles. The molecule has 0 heterocycles. The lowest BCUT2D eigenvalue weighted by Crippen LogP contribution is -1.85. The summed E-state index contributed by atoms with van der Waals surface area (Å²) in [6, 6.07) is 0. The van der Waals surface area contributed by atoms with Gasteiger partial charge in [-0.25, -0.2) is 0 Å². The Morgan fingerprint density at radius 1 is 0.867 bits per heavy atom. The molecular formula is C12H30O3. The van der Waals surface area contributed by atoms with Crippen LogP contribution in [0.25, 0.3) is 0 Å². The maximum Gasteiger partial charge on any atom is 0.0483 e. The third-order valence-corrected chi connectivity index (χ3v) is 1.51. The van der Waals surface area contributed by atoms with Crippen LogP contribution in [0.1, 0.15) is 59.3 Å². The number of hydrogen-bond acceptors (Lipinski definition) is 3. The molecule has 0 amide bonds. The summed E-state index contributed by atoms with van der Waals surface area (Å²) in [5, 5.41) is 23.5. The van der Waals surface area contributed by atoms with Crippen LogP contribution in [0.3, 0.4) is 0 Å². The Hall–Kier alpha value is -0.120. The van der Waals surface area contributed by atoms with Gasteiger partial charge in [0.2, 0.25) is 0 Å². The fourth-order valence-electron chi connectivity index (χ4n) is 0.892. The van der Waals surface area contributed by atoms with Crippen molar-refractivity contribution in [1.82, 2.24) is 0 Å². The number of unbranched alkanes of at least 4 members (excludes halogenated alkanes) is 5. The van der Waals surface area contributed by atoms with Crippen LogP contribution in [0.5, 0.6) is 0 Å². The summed E-state index contributed by atoms with van der Waals surface area (Å²) in [7, 11) is 1.00. The second kappa shape index (κ2) is 23.6. The SMILES string of the molecule is CC(C)O.CCCCCCCCO.CO. The highest BCUT2D eigenvalue weighted by Crippen LogP contribution is 2.03. The first-order valence-corrected chi connectivity index (χ1v) is 5.88. The zero-order valence-corrected chi connectivity index (χ0v) is 10.9. The number of aliphatic hydroxyl groups excluding tert-OH is 3. The molecule has 0 aliphatic carbocycles. The predicted octanol–water partition coefficient (Wildman–Crippen LogP) is 2.33. The van der Waals surface area contributed by atoms with Crippen molar-refractivity contribution in [2.24, 2.45) is 0 Å². The second-order valence-corrected chi connectivity index (χ2v) is 3.59. The summed E-state index contributed by atoms with van der Waals surface area (Å²) in [6.07, 6.45) is 7.33. The molecular weight excluding hydrogens is 192 g/mol. The molecule has 0 bridgehead atoms. The van der Waals surface area contributed by atoms with E-state index in [1.807, 2.05) is 0 Å². The smallest absolute Gasteiger partial charge is 0.0483 e. The second-order valence-electron chi connectivity index (χ2n) is 3.59. The molecule has 0 spiro atoms. The Morgan fingerprint density at radius 3 is 1.53 bits per heavy atom. The minimum absolute atomic E-state index is 0.167. The molecule has 0 fully saturated rings. The Kier molecular flexibility index (Phi) is 31.9. The topological polar surface area (TPSA) is 60.7 Å². The van der Waals surface area contributed by atoms with Crippen molar-refractivity contribution in [3.8, 4) is 0 Å². The molecule has 3 heteroatoms. The van der Waals surface area contributed by atoms with Crippen LogP contribution in [0.2, 0.25) is 0 Å². The number of hydrogen-bond donors (Lipinski definition) is 3. The van der Waals surface area contributed by atoms with Crippen molar-refractivity contribution in [3.05, 3.63) is 0 Å². The highest BCUT2D eigenvalue weighted by molar-refractivity contribution is 4.41. The molecule has 0 unspecified atom stereocenters. The predicted molar refractivity (Wildman–Crippen MR) is 66.0 cm³/mol. The summed E-state index contributed by atoms with van der Waals surface area (Å²) in [4.78, 5) is 0. The van der Waals surface area contributed by atoms with Crippen molar-refractivity contribution >= 4 is 0 Å². The normalized spacial score (nSPS) is 8.80. The van der Waals surface area contributed by atoms with E-state index >= 15 is 0 Å². The molecule has 3 nitrogen and oxygen atoms in total. The maximum absolute atomic E-state index is 8.42. The van der Waals surface area contributed by atoms with E-state index in [2.05, 4.69) is 6.92 Å². The van der Waals surface area contributed by atoms with Gasteiger partial charge in [-0.3, -0.25) is 0 Å². The van der Waals surface area contributed by atoms with E-state index in [9.17, 15) is 0 Å². The Labute approximate surface area is 95.1 Å². The standard InChI is InChI=1S/C8H18O.C3H8O.CH4O/c1-2-3-4-5-6-7-8-9;1-3(2)4;1-2/h9H,2-8H2,1H3;3-4H,1-2H3;2H,1H3. The van der Waals surface area contributed by atoms with E-state index < -0.39 is 0 Å². The zero-order chi connectivity index (χ0) is 12.5. The number of rotatable bonds is 6. The summed E-state index contributed by atoms with van der Waals surface area (Å²) in [5.41, 5.74) is 0. The molecule has 0 aromatic carbocycles. The van der Waals surface area contributed by atoms with Gasteiger partial charge in [-0.05, 0) is 20.3 Å². The van der Waals surface area contributed by atoms with Gasteiger partial charge in [0.15, 0.2) is 0 Å². The van der Waals surface area contributed by atoms with Gasteiger partial charge in [0.25, 0.3) is 0 Å². The van der Waals surface area contributed by atoms with Crippen molar-refractivity contribution in [3.63, 3.8) is 0 Å². The molecule has 96 valence electrons. The summed E-state index contributed by atoms with van der Waals surface area (Å²) < 4.78 is 0. The minimum atomic E-state index is -0.167. The first kappa shape index (κ1) is 20.3. The molecule has 0 radical (unpaired) electrons. The number of aliphatic hydroxyl groups is 3. The lowest BCUT2D eigenvalue weighted by atomic mass is 10.1. The zero-order valence-electron chi connectivity index (χ0n) is 10.9. The molecule has 0 aliphatic heterocycles. The van der Waals surface area contributed by atoms with Crippen LogP contribution >= 0.6 is 0 Å². The Morgan fingerprint density at radius 2 is 1.20 bits per heavy atom. The van der Waals surface area contributed by atoms with E-state index in [-0.39, 0.29) is 6.10 Å². The summed E-state index contributed by atoms with van der Waals surface area (Å²) in [6.45, 7) is 6.03. The van der Waals surface area contributed by atoms with Crippen molar-refractivity contribution in [2.45, 2.75) is 65.4 Å². The quantitative estimate of drug-likeness (QED) is 0.604. The average Bonchev–Trinajstić information content (AvgIpc) is 2.20. The van der Waals surface area contributed by atoms with Gasteiger partial charge in [0, 0.05) is 19.8 Å². The highest BCUT2D eigenvalue weighted by atomic mass is 16.3. The van der Waals surface area contributed by atoms with Crippen molar-refractivity contribution in [2.75, 3.05) is 13.7 Å². The monoisotopic (exact) mass is 222 g/mol. The first-order valence-electron chi connectivity index (χ1n) is 5.88. The molecule has 0 atom stereocenters. The van der Waals surface area contributed by atoms with E-state index in [0.29, 0.717) is 6.61 Å². The van der Waals surface area contributed by atoms with Crippen molar-refractivity contribution < 1.29 is 15.3 Å². The lowest BCUT2D eigenvalue weighted by Gasteiger charge is -1.95. The minimum Gasteiger partial charge on any atom is -0.400 e. The molecule has 0 aliphatic rings. The maximum atomic E-state index is 8.42. The van der Waals surface area contributed by atoms with Gasteiger partial charge in [-0.15, -0.1) is 0 Å². The fourth-order valence-corrected chi connectivity index (χ4v) is 0.892. The van der Waals surface area contributed by atoms with Gasteiger partial charge in [-0.2, -0.15) is 0 Å². The molecule has 15 heavy (non-hydrogen) atoms. The van der Waals surface area contributed by atoms with E-state index in [0.717, 1.165) is 13.5 Å². The summed E-state index contributed by atoms with van der Waals surface area (Å²) >= 11 is 0. The van der Waals surface area contributed by atoms with Crippen LogP contribution in [0.4, 0.5) is 0 Å². The molecule has 0 saturated carbocycles. The Balaban J connectivity index is -0.000000202. The summed E-state index contributed by atoms with van der Waals surface area (Å²) in [5.74, 6) is 0. The van der Waals surface area contributed by atoms with Gasteiger partial charge < -0.3 is 15.3 Å². The van der Waals surface area contributed by atoms with Gasteiger partial charge in [0.05, 0.1) is 0 Å². The van der Waals surface area contributed by atoms with Crippen LogP contribution < -0.4 is 0 Å². The van der Waals surface area contributed by atoms with E-state index in [4.69, 9.17) is 15.3 Å². The molecule has 0 saturated heterocycles.